The molecule has 1 amide bonds. The summed E-state index contributed by atoms with van der Waals surface area (Å²) >= 11 is 2.80. The van der Waals surface area contributed by atoms with Gasteiger partial charge in [-0.2, -0.15) is 0 Å². The van der Waals surface area contributed by atoms with E-state index in [2.05, 4.69) is 10.2 Å². The molecule has 1 aliphatic rings. The summed E-state index contributed by atoms with van der Waals surface area (Å²) in [6.07, 6.45) is 0.503. The van der Waals surface area contributed by atoms with Crippen LogP contribution in [-0.4, -0.2) is 52.7 Å². The number of sulfone groups is 1. The zero-order valence-electron chi connectivity index (χ0n) is 13.8. The smallest absolute Gasteiger partial charge is 0.233 e. The summed E-state index contributed by atoms with van der Waals surface area (Å²) < 4.78 is 24.4. The second-order valence-corrected chi connectivity index (χ2v) is 10.6. The summed E-state index contributed by atoms with van der Waals surface area (Å²) in [4.78, 5) is 14.5. The minimum Gasteiger partial charge on any atom is -0.334 e. The van der Waals surface area contributed by atoms with Crippen LogP contribution in [0.15, 0.2) is 34.7 Å². The Bertz CT molecular complexity index is 837. The standard InChI is InChI=1S/C16H19N3O3S3/c1-12-17-18-16(24-12)23-10-15(20)19(9-13-5-3-2-4-6-13)14-7-8-25(21,22)11-14/h2-6,14H,7-11H2,1H3/t14-/m0/s1. The van der Waals surface area contributed by atoms with E-state index in [1.165, 1.54) is 23.1 Å². The second kappa shape index (κ2) is 7.84. The highest BCUT2D eigenvalue weighted by Crippen LogP contribution is 2.25. The van der Waals surface area contributed by atoms with E-state index in [0.717, 1.165) is 14.9 Å². The maximum atomic E-state index is 12.8. The highest BCUT2D eigenvalue weighted by Gasteiger charge is 2.34. The summed E-state index contributed by atoms with van der Waals surface area (Å²) in [5.41, 5.74) is 0.997. The molecule has 0 radical (unpaired) electrons. The van der Waals surface area contributed by atoms with Gasteiger partial charge in [-0.15, -0.1) is 10.2 Å². The van der Waals surface area contributed by atoms with Crippen LogP contribution in [0, 0.1) is 6.92 Å². The molecule has 1 aromatic heterocycles. The molecule has 0 aliphatic carbocycles. The maximum Gasteiger partial charge on any atom is 0.233 e. The Morgan fingerprint density at radius 1 is 1.32 bits per heavy atom. The van der Waals surface area contributed by atoms with Crippen molar-refractivity contribution in [2.45, 2.75) is 30.3 Å². The van der Waals surface area contributed by atoms with Crippen LogP contribution in [-0.2, 0) is 21.2 Å². The Balaban J connectivity index is 1.71. The molecule has 1 aliphatic heterocycles. The van der Waals surface area contributed by atoms with Crippen molar-refractivity contribution in [3.63, 3.8) is 0 Å². The van der Waals surface area contributed by atoms with Crippen LogP contribution in [0.5, 0.6) is 0 Å². The third-order valence-corrected chi connectivity index (χ3v) is 7.70. The lowest BCUT2D eigenvalue weighted by atomic mass is 10.1. The molecule has 9 heteroatoms. The maximum absolute atomic E-state index is 12.8. The number of thioether (sulfide) groups is 1. The summed E-state index contributed by atoms with van der Waals surface area (Å²) in [6.45, 7) is 2.30. The predicted octanol–water partition coefficient (Wildman–Crippen LogP) is 2.15. The average molecular weight is 398 g/mol. The van der Waals surface area contributed by atoms with E-state index in [9.17, 15) is 13.2 Å². The third-order valence-electron chi connectivity index (χ3n) is 3.99. The number of hydrogen-bond acceptors (Lipinski definition) is 7. The molecule has 1 fully saturated rings. The Morgan fingerprint density at radius 2 is 2.08 bits per heavy atom. The largest absolute Gasteiger partial charge is 0.334 e. The van der Waals surface area contributed by atoms with Crippen LogP contribution in [0.2, 0.25) is 0 Å². The van der Waals surface area contributed by atoms with Crippen LogP contribution in [0.25, 0.3) is 0 Å². The van der Waals surface area contributed by atoms with Crippen molar-refractivity contribution in [2.75, 3.05) is 17.3 Å². The van der Waals surface area contributed by atoms with Gasteiger partial charge in [0.15, 0.2) is 14.2 Å². The normalized spacial score (nSPS) is 19.0. The molecule has 1 atom stereocenters. The Hall–Kier alpha value is -1.45. The number of amides is 1. The fraction of sp³-hybridized carbons (Fsp3) is 0.438. The van der Waals surface area contributed by atoms with Crippen molar-refractivity contribution in [1.29, 1.82) is 0 Å². The minimum absolute atomic E-state index is 0.0498. The van der Waals surface area contributed by atoms with Gasteiger partial charge in [-0.05, 0) is 18.9 Å². The first-order valence-electron chi connectivity index (χ1n) is 7.90. The molecule has 3 rings (SSSR count). The molecular formula is C16H19N3O3S3. The molecule has 6 nitrogen and oxygen atoms in total. The molecule has 2 aromatic rings. The zero-order valence-corrected chi connectivity index (χ0v) is 16.2. The fourth-order valence-electron chi connectivity index (χ4n) is 2.77. The SMILES string of the molecule is Cc1nnc(SCC(=O)N(Cc2ccccc2)[C@H]2CCS(=O)(=O)C2)s1. The summed E-state index contributed by atoms with van der Waals surface area (Å²) in [5.74, 6) is 0.370. The first-order chi connectivity index (χ1) is 11.9. The molecule has 1 saturated heterocycles. The average Bonchev–Trinajstić information content (AvgIpc) is 3.16. The Kier molecular flexibility index (Phi) is 5.75. The number of aryl methyl sites for hydroxylation is 1. The fourth-order valence-corrected chi connectivity index (χ4v) is 6.20. The van der Waals surface area contributed by atoms with E-state index < -0.39 is 9.84 Å². The molecule has 0 saturated carbocycles. The zero-order chi connectivity index (χ0) is 17.9. The number of carbonyl (C=O) groups excluding carboxylic acids is 1. The van der Waals surface area contributed by atoms with E-state index >= 15 is 0 Å². The van der Waals surface area contributed by atoms with Crippen LogP contribution in [0.3, 0.4) is 0 Å². The van der Waals surface area contributed by atoms with Crippen molar-refractivity contribution in [2.24, 2.45) is 0 Å². The number of hydrogen-bond donors (Lipinski definition) is 0. The van der Waals surface area contributed by atoms with E-state index in [1.54, 1.807) is 4.90 Å². The Labute approximate surface area is 155 Å². The molecule has 2 heterocycles. The van der Waals surface area contributed by atoms with Crippen molar-refractivity contribution in [3.8, 4) is 0 Å². The second-order valence-electron chi connectivity index (χ2n) is 5.94. The third kappa shape index (κ3) is 5.02. The van der Waals surface area contributed by atoms with Crippen LogP contribution < -0.4 is 0 Å². The highest BCUT2D eigenvalue weighted by atomic mass is 32.2. The van der Waals surface area contributed by atoms with Crippen LogP contribution in [0.1, 0.15) is 17.0 Å². The first kappa shape index (κ1) is 18.3. The first-order valence-corrected chi connectivity index (χ1v) is 11.5. The molecule has 0 N–H and O–H groups in total. The molecule has 134 valence electrons. The van der Waals surface area contributed by atoms with Gasteiger partial charge in [-0.3, -0.25) is 4.79 Å². The van der Waals surface area contributed by atoms with Gasteiger partial charge in [-0.25, -0.2) is 8.42 Å². The van der Waals surface area contributed by atoms with Crippen molar-refractivity contribution < 1.29 is 13.2 Å². The quantitative estimate of drug-likeness (QED) is 0.695. The monoisotopic (exact) mass is 397 g/mol. The van der Waals surface area contributed by atoms with Gasteiger partial charge in [0.2, 0.25) is 5.91 Å². The van der Waals surface area contributed by atoms with Gasteiger partial charge >= 0.3 is 0 Å². The molecular weight excluding hydrogens is 378 g/mol. The summed E-state index contributed by atoms with van der Waals surface area (Å²) in [7, 11) is -3.05. The van der Waals surface area contributed by atoms with Gasteiger partial charge in [0, 0.05) is 12.6 Å². The van der Waals surface area contributed by atoms with E-state index in [1.807, 2.05) is 37.3 Å². The molecule has 25 heavy (non-hydrogen) atoms. The lowest BCUT2D eigenvalue weighted by Gasteiger charge is -2.28. The van der Waals surface area contributed by atoms with E-state index in [-0.39, 0.29) is 29.2 Å². The van der Waals surface area contributed by atoms with Crippen molar-refractivity contribution >= 4 is 38.8 Å². The highest BCUT2D eigenvalue weighted by molar-refractivity contribution is 8.01. The minimum atomic E-state index is -3.05. The molecule has 0 bridgehead atoms. The predicted molar refractivity (Wildman–Crippen MR) is 99.4 cm³/mol. The number of aromatic nitrogens is 2. The molecule has 0 unspecified atom stereocenters. The van der Waals surface area contributed by atoms with Crippen molar-refractivity contribution in [3.05, 3.63) is 40.9 Å². The van der Waals surface area contributed by atoms with Gasteiger partial charge in [0.25, 0.3) is 0 Å². The van der Waals surface area contributed by atoms with Crippen LogP contribution >= 0.6 is 23.1 Å². The van der Waals surface area contributed by atoms with E-state index in [4.69, 9.17) is 0 Å². The van der Waals surface area contributed by atoms with Gasteiger partial charge < -0.3 is 4.90 Å². The van der Waals surface area contributed by atoms with Gasteiger partial charge in [-0.1, -0.05) is 53.4 Å². The lowest BCUT2D eigenvalue weighted by molar-refractivity contribution is -0.130. The Morgan fingerprint density at radius 3 is 2.68 bits per heavy atom. The number of nitrogens with zero attached hydrogens (tertiary/aromatic N) is 3. The van der Waals surface area contributed by atoms with Crippen LogP contribution in [0.4, 0.5) is 0 Å². The molecule has 1 aromatic carbocycles. The topological polar surface area (TPSA) is 80.2 Å². The van der Waals surface area contributed by atoms with E-state index in [0.29, 0.717) is 13.0 Å². The summed E-state index contributed by atoms with van der Waals surface area (Å²) in [6, 6.07) is 9.40. The number of carbonyl (C=O) groups is 1. The van der Waals surface area contributed by atoms with Gasteiger partial charge in [0.1, 0.15) is 5.01 Å². The number of benzene rings is 1. The lowest BCUT2D eigenvalue weighted by Crippen LogP contribution is -2.41. The number of rotatable bonds is 6. The molecule has 0 spiro atoms. The van der Waals surface area contributed by atoms with Gasteiger partial charge in [0.05, 0.1) is 17.3 Å². The van der Waals surface area contributed by atoms with Crippen molar-refractivity contribution in [1.82, 2.24) is 15.1 Å². The summed E-state index contributed by atoms with van der Waals surface area (Å²) in [5, 5.41) is 8.82.